The van der Waals surface area contributed by atoms with Gasteiger partial charge >= 0.3 is 0 Å². The Balaban J connectivity index is 1.68. The highest BCUT2D eigenvalue weighted by atomic mass is 15.3. The maximum atomic E-state index is 4.31. The summed E-state index contributed by atoms with van der Waals surface area (Å²) in [6, 6.07) is 7.87. The summed E-state index contributed by atoms with van der Waals surface area (Å²) in [5.41, 5.74) is 2.10. The standard InChI is InChI=1S/C12H12N6/c1-2-10(14-5-1)6-15-11-3-4-12(16-7-11)18-9-13-8-17-18/h1-5,7-9,14-15H,6H2. The van der Waals surface area contributed by atoms with Crippen molar-refractivity contribution in [2.75, 3.05) is 5.32 Å². The molecule has 0 saturated carbocycles. The third kappa shape index (κ3) is 2.22. The highest BCUT2D eigenvalue weighted by Crippen LogP contribution is 2.09. The molecule has 2 N–H and O–H groups in total. The third-order valence-corrected chi connectivity index (χ3v) is 2.55. The van der Waals surface area contributed by atoms with Crippen molar-refractivity contribution in [1.82, 2.24) is 24.7 Å². The molecule has 0 spiro atoms. The zero-order valence-corrected chi connectivity index (χ0v) is 9.61. The van der Waals surface area contributed by atoms with Crippen LogP contribution in [-0.2, 0) is 6.54 Å². The van der Waals surface area contributed by atoms with Gasteiger partial charge in [0.05, 0.1) is 18.4 Å². The van der Waals surface area contributed by atoms with Crippen LogP contribution in [0.4, 0.5) is 5.69 Å². The fourth-order valence-electron chi connectivity index (χ4n) is 1.63. The highest BCUT2D eigenvalue weighted by Gasteiger charge is 1.99. The molecule has 6 nitrogen and oxygen atoms in total. The van der Waals surface area contributed by atoms with Crippen LogP contribution < -0.4 is 5.32 Å². The van der Waals surface area contributed by atoms with Crippen molar-refractivity contribution < 1.29 is 0 Å². The van der Waals surface area contributed by atoms with Crippen molar-refractivity contribution >= 4 is 5.69 Å². The van der Waals surface area contributed by atoms with Gasteiger partial charge in [0.1, 0.15) is 12.7 Å². The van der Waals surface area contributed by atoms with E-state index in [1.807, 2.05) is 30.5 Å². The molecule has 0 aromatic carbocycles. The van der Waals surface area contributed by atoms with Crippen LogP contribution in [-0.4, -0.2) is 24.7 Å². The molecule has 18 heavy (non-hydrogen) atoms. The van der Waals surface area contributed by atoms with E-state index < -0.39 is 0 Å². The summed E-state index contributed by atoms with van der Waals surface area (Å²) in [6.45, 7) is 0.747. The average molecular weight is 240 g/mol. The molecule has 0 aliphatic rings. The van der Waals surface area contributed by atoms with Gasteiger partial charge in [0.25, 0.3) is 0 Å². The average Bonchev–Trinajstić information content (AvgIpc) is 3.10. The van der Waals surface area contributed by atoms with Crippen LogP contribution >= 0.6 is 0 Å². The number of hydrogen-bond acceptors (Lipinski definition) is 4. The van der Waals surface area contributed by atoms with Gasteiger partial charge < -0.3 is 10.3 Å². The van der Waals surface area contributed by atoms with Crippen molar-refractivity contribution in [2.45, 2.75) is 6.54 Å². The van der Waals surface area contributed by atoms with E-state index in [0.29, 0.717) is 0 Å². The second-order valence-corrected chi connectivity index (χ2v) is 3.79. The number of rotatable bonds is 4. The van der Waals surface area contributed by atoms with E-state index in [4.69, 9.17) is 0 Å². The van der Waals surface area contributed by atoms with Gasteiger partial charge in [0.2, 0.25) is 0 Å². The lowest BCUT2D eigenvalue weighted by atomic mass is 10.3. The number of aromatic amines is 1. The topological polar surface area (TPSA) is 71.4 Å². The number of hydrogen-bond donors (Lipinski definition) is 2. The zero-order valence-electron chi connectivity index (χ0n) is 9.61. The van der Waals surface area contributed by atoms with Crippen molar-refractivity contribution in [3.63, 3.8) is 0 Å². The van der Waals surface area contributed by atoms with E-state index in [-0.39, 0.29) is 0 Å². The molecular formula is C12H12N6. The zero-order chi connectivity index (χ0) is 12.2. The van der Waals surface area contributed by atoms with Crippen LogP contribution in [0, 0.1) is 0 Å². The molecule has 3 aromatic rings. The lowest BCUT2D eigenvalue weighted by molar-refractivity contribution is 0.845. The molecule has 0 atom stereocenters. The van der Waals surface area contributed by atoms with Gasteiger partial charge in [-0.05, 0) is 24.3 Å². The molecule has 0 fully saturated rings. The Morgan fingerprint density at radius 3 is 2.94 bits per heavy atom. The quantitative estimate of drug-likeness (QED) is 0.726. The van der Waals surface area contributed by atoms with Gasteiger partial charge in [0.15, 0.2) is 5.82 Å². The molecule has 0 aliphatic heterocycles. The van der Waals surface area contributed by atoms with Crippen molar-refractivity contribution in [3.05, 3.63) is 55.0 Å². The lowest BCUT2D eigenvalue weighted by Crippen LogP contribution is -2.02. The van der Waals surface area contributed by atoms with Crippen LogP contribution in [0.1, 0.15) is 5.69 Å². The molecule has 0 amide bonds. The smallest absolute Gasteiger partial charge is 0.155 e. The minimum atomic E-state index is 0.747. The first-order chi connectivity index (χ1) is 8.92. The highest BCUT2D eigenvalue weighted by molar-refractivity contribution is 5.43. The monoisotopic (exact) mass is 240 g/mol. The Labute approximate surface area is 104 Å². The van der Waals surface area contributed by atoms with Crippen molar-refractivity contribution in [1.29, 1.82) is 0 Å². The molecular weight excluding hydrogens is 228 g/mol. The maximum absolute atomic E-state index is 4.31. The molecule has 0 aliphatic carbocycles. The predicted octanol–water partition coefficient (Wildman–Crippen LogP) is 1.60. The Morgan fingerprint density at radius 1 is 1.28 bits per heavy atom. The summed E-state index contributed by atoms with van der Waals surface area (Å²) < 4.78 is 1.62. The SMILES string of the molecule is c1c[nH]c(CNc2ccc(-n3cncn3)nc2)c1. The van der Waals surface area contributed by atoms with E-state index in [1.54, 1.807) is 17.2 Å². The van der Waals surface area contributed by atoms with E-state index in [2.05, 4.69) is 25.4 Å². The first-order valence-electron chi connectivity index (χ1n) is 5.59. The number of aromatic nitrogens is 5. The van der Waals surface area contributed by atoms with Gasteiger partial charge in [-0.2, -0.15) is 5.10 Å². The number of anilines is 1. The van der Waals surface area contributed by atoms with Gasteiger partial charge in [-0.15, -0.1) is 0 Å². The Morgan fingerprint density at radius 2 is 2.28 bits per heavy atom. The molecule has 0 radical (unpaired) electrons. The summed E-state index contributed by atoms with van der Waals surface area (Å²) in [6.07, 6.45) is 6.79. The Hall–Kier alpha value is -2.63. The maximum Gasteiger partial charge on any atom is 0.155 e. The number of nitrogens with one attached hydrogen (secondary N) is 2. The predicted molar refractivity (Wildman–Crippen MR) is 67.3 cm³/mol. The summed E-state index contributed by atoms with van der Waals surface area (Å²) in [5, 5.41) is 7.30. The van der Waals surface area contributed by atoms with Crippen LogP contribution in [0.25, 0.3) is 5.82 Å². The van der Waals surface area contributed by atoms with Crippen LogP contribution in [0.5, 0.6) is 0 Å². The molecule has 0 bridgehead atoms. The second-order valence-electron chi connectivity index (χ2n) is 3.79. The van der Waals surface area contributed by atoms with Crippen LogP contribution in [0.3, 0.4) is 0 Å². The molecule has 90 valence electrons. The van der Waals surface area contributed by atoms with Crippen molar-refractivity contribution in [2.24, 2.45) is 0 Å². The first-order valence-corrected chi connectivity index (χ1v) is 5.59. The number of pyridine rings is 1. The van der Waals surface area contributed by atoms with E-state index in [9.17, 15) is 0 Å². The Bertz CT molecular complexity index is 582. The normalized spacial score (nSPS) is 10.4. The minimum Gasteiger partial charge on any atom is -0.378 e. The fourth-order valence-corrected chi connectivity index (χ4v) is 1.63. The van der Waals surface area contributed by atoms with Gasteiger partial charge in [-0.1, -0.05) is 0 Å². The number of nitrogens with zero attached hydrogens (tertiary/aromatic N) is 4. The van der Waals surface area contributed by atoms with Crippen LogP contribution in [0.15, 0.2) is 49.3 Å². The summed E-state index contributed by atoms with van der Waals surface area (Å²) >= 11 is 0. The van der Waals surface area contributed by atoms with Crippen molar-refractivity contribution in [3.8, 4) is 5.82 Å². The Kier molecular flexibility index (Phi) is 2.75. The van der Waals surface area contributed by atoms with Gasteiger partial charge in [-0.3, -0.25) is 0 Å². The summed E-state index contributed by atoms with van der Waals surface area (Å²) in [5.74, 6) is 0.748. The molecule has 0 unspecified atom stereocenters. The molecule has 3 aromatic heterocycles. The van der Waals surface area contributed by atoms with E-state index in [0.717, 1.165) is 23.7 Å². The molecule has 3 rings (SSSR count). The van der Waals surface area contributed by atoms with Gasteiger partial charge in [-0.25, -0.2) is 14.6 Å². The van der Waals surface area contributed by atoms with Gasteiger partial charge in [0, 0.05) is 11.9 Å². The summed E-state index contributed by atoms with van der Waals surface area (Å²) in [7, 11) is 0. The van der Waals surface area contributed by atoms with E-state index >= 15 is 0 Å². The lowest BCUT2D eigenvalue weighted by Gasteiger charge is -2.05. The number of H-pyrrole nitrogens is 1. The third-order valence-electron chi connectivity index (χ3n) is 2.55. The fraction of sp³-hybridized carbons (Fsp3) is 0.0833. The summed E-state index contributed by atoms with van der Waals surface area (Å²) in [4.78, 5) is 11.3. The first kappa shape index (κ1) is 10.5. The molecule has 3 heterocycles. The van der Waals surface area contributed by atoms with Crippen LogP contribution in [0.2, 0.25) is 0 Å². The molecule has 6 heteroatoms. The molecule has 0 saturated heterocycles. The second kappa shape index (κ2) is 4.70. The van der Waals surface area contributed by atoms with E-state index in [1.165, 1.54) is 6.33 Å². The largest absolute Gasteiger partial charge is 0.378 e. The minimum absolute atomic E-state index is 0.747.